The van der Waals surface area contributed by atoms with Gasteiger partial charge in [0, 0.05) is 28.9 Å². The van der Waals surface area contributed by atoms with Crippen LogP contribution in [0.2, 0.25) is 0 Å². The van der Waals surface area contributed by atoms with Crippen molar-refractivity contribution in [2.24, 2.45) is 5.10 Å². The van der Waals surface area contributed by atoms with Crippen LogP contribution in [0.3, 0.4) is 0 Å². The van der Waals surface area contributed by atoms with Gasteiger partial charge in [0.15, 0.2) is 6.17 Å². The molecule has 1 aliphatic heterocycles. The Morgan fingerprint density at radius 1 is 0.897 bits per heavy atom. The summed E-state index contributed by atoms with van der Waals surface area (Å²) in [5.41, 5.74) is 1.60. The molecule has 1 heterocycles. The lowest BCUT2D eigenvalue weighted by molar-refractivity contribution is 0.0689. The number of para-hydroxylation sites is 1. The average molecular weight is 391 g/mol. The molecule has 0 saturated carbocycles. The summed E-state index contributed by atoms with van der Waals surface area (Å²) in [6.45, 7) is 0. The molecule has 0 spiro atoms. The zero-order valence-corrected chi connectivity index (χ0v) is 15.0. The van der Waals surface area contributed by atoms with Crippen LogP contribution < -0.4 is 5.32 Å². The first-order valence-corrected chi connectivity index (χ1v) is 8.71. The zero-order chi connectivity index (χ0) is 20.5. The maximum absolute atomic E-state index is 13.1. The third-order valence-electron chi connectivity index (χ3n) is 4.55. The van der Waals surface area contributed by atoms with Crippen molar-refractivity contribution in [3.8, 4) is 23.0 Å². The van der Waals surface area contributed by atoms with E-state index in [1.54, 1.807) is 24.3 Å². The van der Waals surface area contributed by atoms with Gasteiger partial charge >= 0.3 is 0 Å². The second-order valence-electron chi connectivity index (χ2n) is 6.47. The normalized spacial score (nSPS) is 15.9. The highest BCUT2D eigenvalue weighted by Gasteiger charge is 2.34. The van der Waals surface area contributed by atoms with Gasteiger partial charge in [-0.25, -0.2) is 5.01 Å². The molecule has 0 bridgehead atoms. The topological polar surface area (TPSA) is 126 Å². The molecule has 5 N–H and O–H groups in total. The number of rotatable bonds is 3. The van der Waals surface area contributed by atoms with Gasteiger partial charge < -0.3 is 25.7 Å². The Morgan fingerprint density at radius 2 is 1.59 bits per heavy atom. The molecule has 0 saturated heterocycles. The number of hydrogen-bond acceptors (Lipinski definition) is 7. The lowest BCUT2D eigenvalue weighted by Gasteiger charge is -2.34. The number of amides is 1. The minimum absolute atomic E-state index is 0.101. The third-order valence-corrected chi connectivity index (χ3v) is 4.55. The molecule has 0 unspecified atom stereocenters. The Hall–Kier alpha value is -4.20. The summed E-state index contributed by atoms with van der Waals surface area (Å²) in [6.07, 6.45) is 0.431. The van der Waals surface area contributed by atoms with Gasteiger partial charge in [0.25, 0.3) is 5.91 Å². The van der Waals surface area contributed by atoms with Crippen molar-refractivity contribution in [2.45, 2.75) is 6.17 Å². The van der Waals surface area contributed by atoms with Crippen molar-refractivity contribution in [1.29, 1.82) is 0 Å². The largest absolute Gasteiger partial charge is 0.508 e. The average Bonchev–Trinajstić information content (AvgIpc) is 2.68. The van der Waals surface area contributed by atoms with E-state index in [9.17, 15) is 25.2 Å². The SMILES string of the molecule is O=C1c2ccccc2N[C@@H](c2ccc(O)cc2O)N1/N=C/c1ccc(O)cc1O. The fourth-order valence-corrected chi connectivity index (χ4v) is 3.10. The monoisotopic (exact) mass is 391 g/mol. The number of aromatic hydroxyl groups is 4. The van der Waals surface area contributed by atoms with Gasteiger partial charge in [-0.1, -0.05) is 12.1 Å². The lowest BCUT2D eigenvalue weighted by atomic mass is 10.0. The van der Waals surface area contributed by atoms with E-state index < -0.39 is 12.1 Å². The minimum atomic E-state index is -0.853. The van der Waals surface area contributed by atoms with Gasteiger partial charge in [-0.3, -0.25) is 4.79 Å². The second-order valence-corrected chi connectivity index (χ2v) is 6.47. The summed E-state index contributed by atoms with van der Waals surface area (Å²) in [5, 5.41) is 47.8. The molecule has 29 heavy (non-hydrogen) atoms. The smallest absolute Gasteiger partial charge is 0.278 e. The van der Waals surface area contributed by atoms with Gasteiger partial charge in [-0.05, 0) is 36.4 Å². The number of carbonyl (C=O) groups excluding carboxylic acids is 1. The number of nitrogens with one attached hydrogen (secondary N) is 1. The summed E-state index contributed by atoms with van der Waals surface area (Å²) < 4.78 is 0. The van der Waals surface area contributed by atoms with Crippen LogP contribution in [0.4, 0.5) is 5.69 Å². The number of anilines is 1. The van der Waals surface area contributed by atoms with Gasteiger partial charge in [0.05, 0.1) is 11.8 Å². The molecule has 3 aromatic rings. The number of hydrogen-bond donors (Lipinski definition) is 5. The van der Waals surface area contributed by atoms with E-state index in [2.05, 4.69) is 10.4 Å². The first-order chi connectivity index (χ1) is 13.9. The van der Waals surface area contributed by atoms with Gasteiger partial charge in [-0.15, -0.1) is 0 Å². The number of nitrogens with zero attached hydrogens (tertiary/aromatic N) is 2. The quantitative estimate of drug-likeness (QED) is 0.437. The highest BCUT2D eigenvalue weighted by atomic mass is 16.3. The molecule has 0 fully saturated rings. The van der Waals surface area contributed by atoms with Crippen molar-refractivity contribution < 1.29 is 25.2 Å². The standard InChI is InChI=1S/C21H17N3O5/c25-13-6-5-12(18(27)9-13)11-22-24-20(16-8-7-14(26)10-19(16)28)23-17-4-2-1-3-15(17)21(24)29/h1-11,20,23,25-28H/b22-11+/t20-/m1/s1. The Balaban J connectivity index is 1.78. The van der Waals surface area contributed by atoms with Gasteiger partial charge in [0.1, 0.15) is 23.0 Å². The Morgan fingerprint density at radius 3 is 2.31 bits per heavy atom. The molecule has 8 heteroatoms. The first-order valence-electron chi connectivity index (χ1n) is 8.71. The Bertz CT molecular complexity index is 1130. The summed E-state index contributed by atoms with van der Waals surface area (Å²) >= 11 is 0. The van der Waals surface area contributed by atoms with E-state index in [4.69, 9.17) is 0 Å². The van der Waals surface area contributed by atoms with Crippen molar-refractivity contribution in [3.63, 3.8) is 0 Å². The van der Waals surface area contributed by atoms with Crippen LogP contribution in [0, 0.1) is 0 Å². The molecule has 1 aliphatic rings. The molecule has 0 radical (unpaired) electrons. The van der Waals surface area contributed by atoms with E-state index in [0.29, 0.717) is 22.4 Å². The Kier molecular flexibility index (Phi) is 4.44. The second kappa shape index (κ2) is 7.08. The van der Waals surface area contributed by atoms with Gasteiger partial charge in [0.2, 0.25) is 0 Å². The van der Waals surface area contributed by atoms with Crippen molar-refractivity contribution in [3.05, 3.63) is 77.4 Å². The molecule has 1 amide bonds. The predicted octanol–water partition coefficient (Wildman–Crippen LogP) is 3.11. The van der Waals surface area contributed by atoms with Crippen molar-refractivity contribution in [2.75, 3.05) is 5.32 Å². The third kappa shape index (κ3) is 3.39. The summed E-state index contributed by atoms with van der Waals surface area (Å²) in [6, 6.07) is 15.0. The van der Waals surface area contributed by atoms with E-state index in [-0.39, 0.29) is 23.0 Å². The number of benzene rings is 3. The number of fused-ring (bicyclic) bond motifs is 1. The molecule has 0 aliphatic carbocycles. The van der Waals surface area contributed by atoms with Crippen LogP contribution in [0.25, 0.3) is 0 Å². The molecular weight excluding hydrogens is 374 g/mol. The molecule has 146 valence electrons. The number of phenols is 4. The Labute approximate surface area is 165 Å². The van der Waals surface area contributed by atoms with Crippen LogP contribution in [0.15, 0.2) is 65.8 Å². The van der Waals surface area contributed by atoms with E-state index >= 15 is 0 Å². The van der Waals surface area contributed by atoms with Crippen LogP contribution in [0.5, 0.6) is 23.0 Å². The first kappa shape index (κ1) is 18.2. The fourth-order valence-electron chi connectivity index (χ4n) is 3.10. The van der Waals surface area contributed by atoms with Crippen LogP contribution in [-0.2, 0) is 0 Å². The lowest BCUT2D eigenvalue weighted by Crippen LogP contribution is -2.39. The number of hydrazone groups is 1. The number of carbonyl (C=O) groups is 1. The van der Waals surface area contributed by atoms with Gasteiger partial charge in [-0.2, -0.15) is 5.10 Å². The summed E-state index contributed by atoms with van der Waals surface area (Å²) in [5.74, 6) is -1.03. The minimum Gasteiger partial charge on any atom is -0.508 e. The number of phenolic OH excluding ortho intramolecular Hbond substituents is 4. The van der Waals surface area contributed by atoms with E-state index in [1.807, 2.05) is 0 Å². The maximum atomic E-state index is 13.1. The fraction of sp³-hybridized carbons (Fsp3) is 0.0476. The highest BCUT2D eigenvalue weighted by Crippen LogP contribution is 2.37. The molecule has 1 atom stereocenters. The summed E-state index contributed by atoms with van der Waals surface area (Å²) in [4.78, 5) is 13.1. The molecular formula is C21H17N3O5. The zero-order valence-electron chi connectivity index (χ0n) is 15.0. The van der Waals surface area contributed by atoms with E-state index in [1.165, 1.54) is 36.5 Å². The summed E-state index contributed by atoms with van der Waals surface area (Å²) in [7, 11) is 0. The predicted molar refractivity (Wildman–Crippen MR) is 106 cm³/mol. The molecule has 4 rings (SSSR count). The van der Waals surface area contributed by atoms with Crippen molar-refractivity contribution in [1.82, 2.24) is 5.01 Å². The molecule has 8 nitrogen and oxygen atoms in total. The highest BCUT2D eigenvalue weighted by molar-refractivity contribution is 6.02. The maximum Gasteiger partial charge on any atom is 0.278 e. The van der Waals surface area contributed by atoms with Crippen LogP contribution in [-0.4, -0.2) is 37.6 Å². The van der Waals surface area contributed by atoms with Crippen LogP contribution in [0.1, 0.15) is 27.7 Å². The van der Waals surface area contributed by atoms with Crippen molar-refractivity contribution >= 4 is 17.8 Å². The van der Waals surface area contributed by atoms with Crippen LogP contribution >= 0.6 is 0 Å². The molecule has 0 aromatic heterocycles. The molecule has 3 aromatic carbocycles. The van der Waals surface area contributed by atoms with E-state index in [0.717, 1.165) is 11.1 Å².